The summed E-state index contributed by atoms with van der Waals surface area (Å²) < 4.78 is 42.8. The smallest absolute Gasteiger partial charge is 0.370 e. The summed E-state index contributed by atoms with van der Waals surface area (Å²) in [5.41, 5.74) is 0.910. The summed E-state index contributed by atoms with van der Waals surface area (Å²) in [6.07, 6.45) is -3.39. The average molecular weight is 425 g/mol. The molecule has 0 aliphatic heterocycles. The molecule has 2 nitrogen and oxygen atoms in total. The molecule has 0 saturated carbocycles. The van der Waals surface area contributed by atoms with Gasteiger partial charge in [-0.2, -0.15) is 13.2 Å². The minimum Gasteiger partial charge on any atom is -0.370 e. The number of halogens is 5. The van der Waals surface area contributed by atoms with E-state index in [1.54, 1.807) is 0 Å². The second kappa shape index (κ2) is 7.97. The molecule has 1 atom stereocenters. The van der Waals surface area contributed by atoms with Crippen molar-refractivity contribution in [2.45, 2.75) is 25.6 Å². The summed E-state index contributed by atoms with van der Waals surface area (Å²) >= 11 is 8.26. The van der Waals surface area contributed by atoms with Crippen LogP contribution in [0.1, 0.15) is 24.9 Å². The highest BCUT2D eigenvalue weighted by Crippen LogP contribution is 2.35. The molecule has 0 aromatic carbocycles. The van der Waals surface area contributed by atoms with Crippen LogP contribution in [0.15, 0.2) is 13.6 Å². The first-order chi connectivity index (χ1) is 8.83. The predicted molar refractivity (Wildman–Crippen MR) is 77.6 cm³/mol. The lowest BCUT2D eigenvalue weighted by atomic mass is 10.1. The molecule has 1 aromatic heterocycles. The third-order valence-corrected chi connectivity index (χ3v) is 4.64. The van der Waals surface area contributed by atoms with Crippen LogP contribution in [-0.4, -0.2) is 25.9 Å². The van der Waals surface area contributed by atoms with Crippen molar-refractivity contribution in [3.63, 3.8) is 0 Å². The molecule has 1 aromatic rings. The lowest BCUT2D eigenvalue weighted by molar-refractivity contribution is -0.175. The summed E-state index contributed by atoms with van der Waals surface area (Å²) in [7, 11) is 0. The first kappa shape index (κ1) is 17.4. The van der Waals surface area contributed by atoms with Crippen molar-refractivity contribution in [2.75, 3.05) is 19.8 Å². The maximum Gasteiger partial charge on any atom is 0.411 e. The third-order valence-electron chi connectivity index (χ3n) is 2.25. The monoisotopic (exact) mass is 423 g/mol. The molecule has 0 fully saturated rings. The summed E-state index contributed by atoms with van der Waals surface area (Å²) in [5.74, 6) is 0. The van der Waals surface area contributed by atoms with Crippen molar-refractivity contribution in [1.29, 1.82) is 0 Å². The van der Waals surface area contributed by atoms with Crippen LogP contribution in [0.5, 0.6) is 0 Å². The van der Waals surface area contributed by atoms with Gasteiger partial charge in [-0.05, 0) is 56.5 Å². The minimum absolute atomic E-state index is 0.0126. The van der Waals surface area contributed by atoms with Crippen LogP contribution >= 0.6 is 43.2 Å². The van der Waals surface area contributed by atoms with Crippen LogP contribution in [0.3, 0.4) is 0 Å². The molecule has 0 amide bonds. The standard InChI is InChI=1S/C11H14Br2F3NOS/c1-2-3-17-8(5-18-6-11(14,15)16)7-4-9(12)19-10(7)13/h4,8,17H,2-3,5-6H2,1H3. The van der Waals surface area contributed by atoms with E-state index in [4.69, 9.17) is 4.74 Å². The number of rotatable bonds is 7. The summed E-state index contributed by atoms with van der Waals surface area (Å²) in [4.78, 5) is 0. The fraction of sp³-hybridized carbons (Fsp3) is 0.636. The molecular formula is C11H14Br2F3NOS. The zero-order chi connectivity index (χ0) is 14.5. The van der Waals surface area contributed by atoms with Gasteiger partial charge in [0, 0.05) is 0 Å². The maximum absolute atomic E-state index is 12.1. The molecule has 0 aliphatic rings. The summed E-state index contributed by atoms with van der Waals surface area (Å²) in [6.45, 7) is 1.49. The number of thiophene rings is 1. The van der Waals surface area contributed by atoms with E-state index < -0.39 is 12.8 Å². The van der Waals surface area contributed by atoms with E-state index in [2.05, 4.69) is 37.2 Å². The SMILES string of the molecule is CCCNC(COCC(F)(F)F)c1cc(Br)sc1Br. The highest BCUT2D eigenvalue weighted by molar-refractivity contribution is 9.12. The van der Waals surface area contributed by atoms with E-state index in [0.717, 1.165) is 26.1 Å². The molecule has 0 aliphatic carbocycles. The van der Waals surface area contributed by atoms with Gasteiger partial charge in [-0.3, -0.25) is 0 Å². The van der Waals surface area contributed by atoms with Gasteiger partial charge in [0.2, 0.25) is 0 Å². The number of ether oxygens (including phenoxy) is 1. The fourth-order valence-electron chi connectivity index (χ4n) is 1.46. The largest absolute Gasteiger partial charge is 0.411 e. The molecule has 1 N–H and O–H groups in total. The Morgan fingerprint density at radius 2 is 2.11 bits per heavy atom. The van der Waals surface area contributed by atoms with Gasteiger partial charge in [0.05, 0.1) is 20.2 Å². The van der Waals surface area contributed by atoms with Crippen molar-refractivity contribution in [3.05, 3.63) is 19.2 Å². The van der Waals surface area contributed by atoms with Crippen molar-refractivity contribution >= 4 is 43.2 Å². The van der Waals surface area contributed by atoms with Crippen molar-refractivity contribution in [1.82, 2.24) is 5.32 Å². The number of hydrogen-bond acceptors (Lipinski definition) is 3. The van der Waals surface area contributed by atoms with Crippen LogP contribution < -0.4 is 5.32 Å². The molecule has 110 valence electrons. The van der Waals surface area contributed by atoms with Crippen molar-refractivity contribution in [3.8, 4) is 0 Å². The van der Waals surface area contributed by atoms with Gasteiger partial charge in [-0.15, -0.1) is 11.3 Å². The molecule has 1 unspecified atom stereocenters. The van der Waals surface area contributed by atoms with Gasteiger partial charge >= 0.3 is 6.18 Å². The van der Waals surface area contributed by atoms with E-state index in [9.17, 15) is 13.2 Å². The second-order valence-corrected chi connectivity index (χ2v) is 7.67. The molecule has 1 rings (SSSR count). The zero-order valence-electron chi connectivity index (χ0n) is 10.2. The fourth-order valence-corrected chi connectivity index (χ4v) is 4.43. The van der Waals surface area contributed by atoms with E-state index >= 15 is 0 Å². The Labute approximate surface area is 131 Å². The molecule has 0 radical (unpaired) electrons. The predicted octanol–water partition coefficient (Wildman–Crippen LogP) is 4.89. The first-order valence-electron chi connectivity index (χ1n) is 5.66. The topological polar surface area (TPSA) is 21.3 Å². The first-order valence-corrected chi connectivity index (χ1v) is 8.06. The van der Waals surface area contributed by atoms with Crippen LogP contribution in [0, 0.1) is 0 Å². The van der Waals surface area contributed by atoms with Crippen molar-refractivity contribution < 1.29 is 17.9 Å². The highest BCUT2D eigenvalue weighted by atomic mass is 79.9. The summed E-state index contributed by atoms with van der Waals surface area (Å²) in [6, 6.07) is 1.64. The normalized spacial score (nSPS) is 13.8. The molecule has 8 heteroatoms. The quantitative estimate of drug-likeness (QED) is 0.672. The third kappa shape index (κ3) is 6.57. The van der Waals surface area contributed by atoms with Gasteiger partial charge < -0.3 is 10.1 Å². The van der Waals surface area contributed by atoms with Crippen LogP contribution in [0.2, 0.25) is 0 Å². The Morgan fingerprint density at radius 3 is 2.58 bits per heavy atom. The molecule has 0 bridgehead atoms. The molecule has 1 heterocycles. The number of alkyl halides is 3. The van der Waals surface area contributed by atoms with Gasteiger partial charge in [0.1, 0.15) is 6.61 Å². The van der Waals surface area contributed by atoms with E-state index in [1.807, 2.05) is 13.0 Å². The van der Waals surface area contributed by atoms with Gasteiger partial charge in [0.15, 0.2) is 0 Å². The lowest BCUT2D eigenvalue weighted by Crippen LogP contribution is -2.28. The van der Waals surface area contributed by atoms with Crippen molar-refractivity contribution in [2.24, 2.45) is 0 Å². The van der Waals surface area contributed by atoms with E-state index in [-0.39, 0.29) is 12.6 Å². The summed E-state index contributed by atoms with van der Waals surface area (Å²) in [5, 5.41) is 3.19. The molecular weight excluding hydrogens is 411 g/mol. The van der Waals surface area contributed by atoms with Gasteiger partial charge in [-0.1, -0.05) is 6.92 Å². The number of nitrogens with one attached hydrogen (secondary N) is 1. The zero-order valence-corrected chi connectivity index (χ0v) is 14.2. The Bertz CT molecular complexity index is 398. The Balaban J connectivity index is 2.64. The van der Waals surface area contributed by atoms with E-state index in [0.29, 0.717) is 0 Å². The van der Waals surface area contributed by atoms with Gasteiger partial charge in [-0.25, -0.2) is 0 Å². The van der Waals surface area contributed by atoms with E-state index in [1.165, 1.54) is 11.3 Å². The molecule has 0 spiro atoms. The van der Waals surface area contributed by atoms with Crippen LogP contribution in [0.25, 0.3) is 0 Å². The van der Waals surface area contributed by atoms with Crippen LogP contribution in [-0.2, 0) is 4.74 Å². The van der Waals surface area contributed by atoms with Gasteiger partial charge in [0.25, 0.3) is 0 Å². The average Bonchev–Trinajstić information content (AvgIpc) is 2.61. The number of hydrogen-bond donors (Lipinski definition) is 1. The minimum atomic E-state index is -4.29. The molecule has 0 saturated heterocycles. The Kier molecular flexibility index (Phi) is 7.31. The Morgan fingerprint density at radius 1 is 1.42 bits per heavy atom. The second-order valence-electron chi connectivity index (χ2n) is 3.92. The highest BCUT2D eigenvalue weighted by Gasteiger charge is 2.28. The van der Waals surface area contributed by atoms with Crippen LogP contribution in [0.4, 0.5) is 13.2 Å². The lowest BCUT2D eigenvalue weighted by Gasteiger charge is -2.19. The Hall–Kier alpha value is 0.370. The molecule has 19 heavy (non-hydrogen) atoms. The maximum atomic E-state index is 12.1.